The van der Waals surface area contributed by atoms with Crippen LogP contribution in [0.15, 0.2) is 72.8 Å². The number of hydrogen-bond acceptors (Lipinski definition) is 3. The van der Waals surface area contributed by atoms with Crippen LogP contribution in [0, 0.1) is 20.8 Å². The number of para-hydroxylation sites is 1. The van der Waals surface area contributed by atoms with Crippen molar-refractivity contribution in [2.75, 3.05) is 5.06 Å². The molecular formula is C29H33NO2. The molecule has 3 nitrogen and oxygen atoms in total. The van der Waals surface area contributed by atoms with Crippen LogP contribution in [0.3, 0.4) is 0 Å². The summed E-state index contributed by atoms with van der Waals surface area (Å²) in [4.78, 5) is 6.72. The van der Waals surface area contributed by atoms with Gasteiger partial charge in [0.25, 0.3) is 0 Å². The molecule has 3 heteroatoms. The van der Waals surface area contributed by atoms with Gasteiger partial charge in [-0.2, -0.15) is 0 Å². The molecule has 1 heterocycles. The highest BCUT2D eigenvalue weighted by atomic mass is 16.7. The Morgan fingerprint density at radius 3 is 2.31 bits per heavy atom. The third kappa shape index (κ3) is 4.36. The largest absolute Gasteiger partial charge is 0.393 e. The highest BCUT2D eigenvalue weighted by Crippen LogP contribution is 2.40. The maximum atomic E-state index is 10.6. The molecule has 1 aliphatic heterocycles. The van der Waals surface area contributed by atoms with Crippen molar-refractivity contribution in [1.29, 1.82) is 0 Å². The number of benzene rings is 3. The predicted octanol–water partition coefficient (Wildman–Crippen LogP) is 6.67. The first-order valence-corrected chi connectivity index (χ1v) is 11.4. The molecule has 4 unspecified atom stereocenters. The van der Waals surface area contributed by atoms with Gasteiger partial charge in [0, 0.05) is 5.92 Å². The van der Waals surface area contributed by atoms with Crippen molar-refractivity contribution >= 4 is 11.8 Å². The summed E-state index contributed by atoms with van der Waals surface area (Å²) in [5.74, 6) is -0.143. The summed E-state index contributed by atoms with van der Waals surface area (Å²) >= 11 is 0. The Labute approximate surface area is 191 Å². The molecule has 4 atom stereocenters. The zero-order valence-electron chi connectivity index (χ0n) is 19.6. The molecule has 0 bridgehead atoms. The number of aliphatic hydroxyl groups is 1. The van der Waals surface area contributed by atoms with E-state index in [2.05, 4.69) is 82.3 Å². The van der Waals surface area contributed by atoms with Crippen molar-refractivity contribution in [3.05, 3.63) is 106 Å². The highest BCUT2D eigenvalue weighted by Gasteiger charge is 2.32. The van der Waals surface area contributed by atoms with Gasteiger partial charge in [0.15, 0.2) is 0 Å². The molecule has 1 N–H and O–H groups in total. The number of nitrogens with zero attached hydrogens (tertiary/aromatic N) is 1. The van der Waals surface area contributed by atoms with Gasteiger partial charge in [0.2, 0.25) is 0 Å². The smallest absolute Gasteiger partial charge is 0.100 e. The van der Waals surface area contributed by atoms with Gasteiger partial charge in [0.05, 0.1) is 17.9 Å². The third-order valence-corrected chi connectivity index (χ3v) is 6.55. The maximum Gasteiger partial charge on any atom is 0.100 e. The second kappa shape index (κ2) is 9.32. The lowest BCUT2D eigenvalue weighted by molar-refractivity contribution is -0.0127. The fourth-order valence-electron chi connectivity index (χ4n) is 4.85. The summed E-state index contributed by atoms with van der Waals surface area (Å²) in [7, 11) is 0. The quantitative estimate of drug-likeness (QED) is 0.477. The van der Waals surface area contributed by atoms with E-state index >= 15 is 0 Å². The van der Waals surface area contributed by atoms with E-state index in [0.717, 1.165) is 16.8 Å². The Kier molecular flexibility index (Phi) is 6.50. The average molecular weight is 428 g/mol. The van der Waals surface area contributed by atoms with Crippen molar-refractivity contribution in [1.82, 2.24) is 0 Å². The normalized spacial score (nSPS) is 18.2. The first kappa shape index (κ1) is 22.3. The highest BCUT2D eigenvalue weighted by molar-refractivity contribution is 5.72. The van der Waals surface area contributed by atoms with Gasteiger partial charge in [-0.3, -0.25) is 4.84 Å². The molecule has 0 fully saturated rings. The Bertz CT molecular complexity index is 1100. The van der Waals surface area contributed by atoms with Crippen molar-refractivity contribution in [2.45, 2.75) is 58.8 Å². The third-order valence-electron chi connectivity index (χ3n) is 6.55. The van der Waals surface area contributed by atoms with E-state index in [1.165, 1.54) is 22.3 Å². The molecule has 166 valence electrons. The van der Waals surface area contributed by atoms with Crippen LogP contribution in [0.25, 0.3) is 6.08 Å². The second-order valence-corrected chi connectivity index (χ2v) is 8.97. The van der Waals surface area contributed by atoms with Gasteiger partial charge in [-0.1, -0.05) is 78.4 Å². The molecule has 0 spiro atoms. The Balaban J connectivity index is 1.75. The standard InChI is InChI=1S/C29H33NO2/c1-19-17-20(2)21(3)26(18-19)28-16-15-24-11-9-10-14-27(24)30(28)32-23(5)29(22(4)31)25-12-7-6-8-13-25/h6-18,22-23,28-29,31H,1-5H3. The number of fused-ring (bicyclic) bond motifs is 1. The molecule has 0 aliphatic carbocycles. The molecule has 0 saturated carbocycles. The topological polar surface area (TPSA) is 32.7 Å². The van der Waals surface area contributed by atoms with Crippen molar-refractivity contribution < 1.29 is 9.94 Å². The Morgan fingerprint density at radius 2 is 1.59 bits per heavy atom. The van der Waals surface area contributed by atoms with Crippen LogP contribution in [0.4, 0.5) is 5.69 Å². The molecule has 0 amide bonds. The molecule has 4 rings (SSSR count). The first-order valence-electron chi connectivity index (χ1n) is 11.4. The van der Waals surface area contributed by atoms with Crippen LogP contribution in [-0.2, 0) is 4.84 Å². The molecular weight excluding hydrogens is 394 g/mol. The van der Waals surface area contributed by atoms with E-state index in [-0.39, 0.29) is 18.1 Å². The van der Waals surface area contributed by atoms with Crippen LogP contribution in [0.2, 0.25) is 0 Å². The molecule has 32 heavy (non-hydrogen) atoms. The van der Waals surface area contributed by atoms with Crippen LogP contribution in [0.5, 0.6) is 0 Å². The summed E-state index contributed by atoms with van der Waals surface area (Å²) in [5, 5.41) is 12.7. The maximum absolute atomic E-state index is 10.6. The van der Waals surface area contributed by atoms with Crippen molar-refractivity contribution in [3.63, 3.8) is 0 Å². The van der Waals surface area contributed by atoms with Gasteiger partial charge >= 0.3 is 0 Å². The van der Waals surface area contributed by atoms with Crippen LogP contribution >= 0.6 is 0 Å². The summed E-state index contributed by atoms with van der Waals surface area (Å²) in [6.45, 7) is 10.4. The van der Waals surface area contributed by atoms with Crippen LogP contribution < -0.4 is 5.06 Å². The summed E-state index contributed by atoms with van der Waals surface area (Å²) in [6, 6.07) is 22.9. The van der Waals surface area contributed by atoms with E-state index in [1.54, 1.807) is 0 Å². The number of hydrogen-bond donors (Lipinski definition) is 1. The zero-order chi connectivity index (χ0) is 22.8. The lowest BCUT2D eigenvalue weighted by Crippen LogP contribution is -2.38. The van der Waals surface area contributed by atoms with E-state index in [0.29, 0.717) is 0 Å². The molecule has 1 aliphatic rings. The SMILES string of the molecule is Cc1cc(C)c(C)c(C2C=Cc3ccccc3N2OC(C)C(c2ccccc2)C(C)O)c1. The van der Waals surface area contributed by atoms with E-state index in [4.69, 9.17) is 4.84 Å². The predicted molar refractivity (Wildman–Crippen MR) is 133 cm³/mol. The molecule has 0 aromatic heterocycles. The minimum atomic E-state index is -0.538. The number of aryl methyl sites for hydroxylation is 2. The minimum absolute atomic E-state index is 0.0450. The van der Waals surface area contributed by atoms with Gasteiger partial charge in [-0.05, 0) is 68.5 Å². The van der Waals surface area contributed by atoms with Crippen LogP contribution in [0.1, 0.15) is 59.2 Å². The summed E-state index contributed by atoms with van der Waals surface area (Å²) in [6.07, 6.45) is 3.64. The molecule has 0 radical (unpaired) electrons. The van der Waals surface area contributed by atoms with Gasteiger partial charge in [-0.15, -0.1) is 0 Å². The number of hydroxylamine groups is 1. The average Bonchev–Trinajstić information content (AvgIpc) is 2.77. The fourth-order valence-corrected chi connectivity index (χ4v) is 4.85. The Morgan fingerprint density at radius 1 is 0.906 bits per heavy atom. The zero-order valence-corrected chi connectivity index (χ0v) is 19.6. The second-order valence-electron chi connectivity index (χ2n) is 8.97. The van der Waals surface area contributed by atoms with E-state index in [1.807, 2.05) is 36.3 Å². The number of rotatable bonds is 6. The van der Waals surface area contributed by atoms with Gasteiger partial charge in [0.1, 0.15) is 6.04 Å². The Hall–Kier alpha value is -2.88. The van der Waals surface area contributed by atoms with Crippen molar-refractivity contribution in [3.8, 4) is 0 Å². The number of anilines is 1. The van der Waals surface area contributed by atoms with E-state index < -0.39 is 6.10 Å². The monoisotopic (exact) mass is 427 g/mol. The van der Waals surface area contributed by atoms with Crippen LogP contribution in [-0.4, -0.2) is 17.3 Å². The summed E-state index contributed by atoms with van der Waals surface area (Å²) < 4.78 is 0. The van der Waals surface area contributed by atoms with E-state index in [9.17, 15) is 5.11 Å². The fraction of sp³-hybridized carbons (Fsp3) is 0.310. The molecule has 3 aromatic rings. The van der Waals surface area contributed by atoms with Gasteiger partial charge < -0.3 is 5.11 Å². The minimum Gasteiger partial charge on any atom is -0.393 e. The lowest BCUT2D eigenvalue weighted by Gasteiger charge is -2.39. The number of aliphatic hydroxyl groups excluding tert-OH is 1. The van der Waals surface area contributed by atoms with Crippen molar-refractivity contribution in [2.24, 2.45) is 0 Å². The first-order chi connectivity index (χ1) is 15.4. The molecule has 0 saturated heterocycles. The van der Waals surface area contributed by atoms with Gasteiger partial charge in [-0.25, -0.2) is 5.06 Å². The molecule has 3 aromatic carbocycles. The lowest BCUT2D eigenvalue weighted by atomic mass is 9.89. The summed E-state index contributed by atoms with van der Waals surface area (Å²) in [5.41, 5.74) is 8.31.